The molecule has 0 bridgehead atoms. The smallest absolute Gasteiger partial charge is 0.268 e. The van der Waals surface area contributed by atoms with E-state index in [0.717, 1.165) is 64.2 Å². The molecular weight excluding hydrogens is 695 g/mol. The third-order valence-electron chi connectivity index (χ3n) is 9.88. The van der Waals surface area contributed by atoms with Crippen molar-refractivity contribution in [3.63, 3.8) is 0 Å². The predicted molar refractivity (Wildman–Crippen MR) is 228 cm³/mol. The van der Waals surface area contributed by atoms with Gasteiger partial charge < -0.3 is 28.8 Å². The third kappa shape index (κ3) is 39.0. The number of hydrogen-bond donors (Lipinski definition) is 2. The van der Waals surface area contributed by atoms with Crippen LogP contribution in [0.25, 0.3) is 0 Å². The number of nitrogens with one attached hydrogen (secondary N) is 1. The molecule has 54 heavy (non-hydrogen) atoms. The van der Waals surface area contributed by atoms with Crippen LogP contribution in [0.3, 0.4) is 0 Å². The van der Waals surface area contributed by atoms with Gasteiger partial charge in [-0.25, -0.2) is 0 Å². The maximum atomic E-state index is 12.9. The van der Waals surface area contributed by atoms with Crippen LogP contribution in [0, 0.1) is 0 Å². The minimum atomic E-state index is -4.57. The van der Waals surface area contributed by atoms with Crippen molar-refractivity contribution in [2.75, 3.05) is 40.9 Å². The topological polar surface area (TPSA) is 108 Å². The largest absolute Gasteiger partial charge is 0.756 e. The number of phosphoric ester groups is 1. The minimum Gasteiger partial charge on any atom is -0.756 e. The molecule has 0 radical (unpaired) electrons. The number of allylic oxidation sites excluding steroid dienone is 6. The van der Waals surface area contributed by atoms with Crippen LogP contribution in [0.1, 0.15) is 194 Å². The Bertz CT molecular complexity index is 980. The number of carbonyl (C=O) groups excluding carboxylic acids is 1. The van der Waals surface area contributed by atoms with Gasteiger partial charge in [0.05, 0.1) is 39.9 Å². The Hall–Kier alpha value is -1.28. The number of aliphatic hydroxyl groups is 1. The monoisotopic (exact) mass is 783 g/mol. The van der Waals surface area contributed by atoms with Gasteiger partial charge in [-0.05, 0) is 51.4 Å². The standard InChI is InChI=1S/C45H87N2O6P/c1-6-8-10-12-14-16-18-20-21-22-23-24-25-27-29-31-33-35-37-39-45(49)46-43(42-53-54(50,51)52-41-40-47(3,4)5)44(48)38-36-34-32-30-28-26-19-17-15-13-11-9-7-2/h14,16,20-21,23-24,43-44,48H,6-13,15,17-19,22,25-42H2,1-5H3,(H-,46,49,50,51)/b16-14-,21-20-,24-23-. The van der Waals surface area contributed by atoms with E-state index in [4.69, 9.17) is 9.05 Å². The van der Waals surface area contributed by atoms with Gasteiger partial charge in [-0.15, -0.1) is 0 Å². The molecule has 0 aromatic rings. The fourth-order valence-corrected chi connectivity index (χ4v) is 7.00. The molecule has 0 rings (SSSR count). The molecule has 0 aromatic heterocycles. The zero-order valence-electron chi connectivity index (χ0n) is 35.9. The van der Waals surface area contributed by atoms with Crippen LogP contribution in [-0.2, 0) is 18.4 Å². The third-order valence-corrected chi connectivity index (χ3v) is 10.8. The summed E-state index contributed by atoms with van der Waals surface area (Å²) in [6, 6.07) is -0.806. The number of likely N-dealkylation sites (N-methyl/N-ethyl adjacent to an activating group) is 1. The molecule has 0 aliphatic carbocycles. The molecule has 0 aliphatic heterocycles. The maximum absolute atomic E-state index is 12.9. The Balaban J connectivity index is 4.38. The van der Waals surface area contributed by atoms with E-state index in [-0.39, 0.29) is 19.1 Å². The highest BCUT2D eigenvalue weighted by molar-refractivity contribution is 7.45. The van der Waals surface area contributed by atoms with Crippen LogP contribution < -0.4 is 10.2 Å². The summed E-state index contributed by atoms with van der Waals surface area (Å²) in [5.74, 6) is -0.179. The van der Waals surface area contributed by atoms with E-state index in [0.29, 0.717) is 23.9 Å². The molecule has 2 N–H and O–H groups in total. The molecule has 0 fully saturated rings. The second kappa shape index (κ2) is 37.3. The highest BCUT2D eigenvalue weighted by Gasteiger charge is 2.24. The molecule has 0 saturated heterocycles. The van der Waals surface area contributed by atoms with E-state index in [9.17, 15) is 19.4 Å². The quantitative estimate of drug-likeness (QED) is 0.0277. The van der Waals surface area contributed by atoms with Crippen molar-refractivity contribution in [3.05, 3.63) is 36.5 Å². The molecular formula is C45H87N2O6P. The van der Waals surface area contributed by atoms with E-state index in [1.807, 2.05) is 21.1 Å². The SMILES string of the molecule is CCCCC/C=C\C/C=C\C/C=C\CCCCCCCCC(=O)NC(COP(=O)([O-])OCC[N+](C)(C)C)C(O)CCCCCCCCCCCCCCC. The van der Waals surface area contributed by atoms with E-state index >= 15 is 0 Å². The van der Waals surface area contributed by atoms with E-state index in [1.165, 1.54) is 103 Å². The first kappa shape index (κ1) is 52.7. The molecule has 0 heterocycles. The van der Waals surface area contributed by atoms with Crippen LogP contribution in [0.2, 0.25) is 0 Å². The number of unbranched alkanes of at least 4 members (excludes halogenated alkanes) is 21. The van der Waals surface area contributed by atoms with E-state index in [2.05, 4.69) is 55.6 Å². The maximum Gasteiger partial charge on any atom is 0.268 e. The fraction of sp³-hybridized carbons (Fsp3) is 0.844. The normalized spacial score (nSPS) is 14.7. The van der Waals surface area contributed by atoms with Crippen molar-refractivity contribution >= 4 is 13.7 Å². The zero-order valence-corrected chi connectivity index (χ0v) is 36.8. The van der Waals surface area contributed by atoms with Gasteiger partial charge in [0.15, 0.2) is 0 Å². The highest BCUT2D eigenvalue weighted by atomic mass is 31.2. The highest BCUT2D eigenvalue weighted by Crippen LogP contribution is 2.38. The van der Waals surface area contributed by atoms with Gasteiger partial charge >= 0.3 is 0 Å². The molecule has 0 spiro atoms. The van der Waals surface area contributed by atoms with Crippen molar-refractivity contribution in [2.24, 2.45) is 0 Å². The van der Waals surface area contributed by atoms with E-state index in [1.54, 1.807) is 0 Å². The predicted octanol–water partition coefficient (Wildman–Crippen LogP) is 11.7. The van der Waals surface area contributed by atoms with Crippen LogP contribution in [0.4, 0.5) is 0 Å². The number of amides is 1. The van der Waals surface area contributed by atoms with Crippen molar-refractivity contribution in [1.82, 2.24) is 5.32 Å². The number of phosphoric acid groups is 1. The van der Waals surface area contributed by atoms with Gasteiger partial charge in [0.25, 0.3) is 7.82 Å². The summed E-state index contributed by atoms with van der Waals surface area (Å²) in [6.07, 6.45) is 44.2. The average Bonchev–Trinajstić information content (AvgIpc) is 3.12. The second-order valence-electron chi connectivity index (χ2n) is 16.4. The van der Waals surface area contributed by atoms with Gasteiger partial charge in [-0.3, -0.25) is 9.36 Å². The summed E-state index contributed by atoms with van der Waals surface area (Å²) in [4.78, 5) is 25.3. The lowest BCUT2D eigenvalue weighted by Gasteiger charge is -2.30. The summed E-state index contributed by atoms with van der Waals surface area (Å²) in [5, 5.41) is 13.9. The Morgan fingerprint density at radius 2 is 1.07 bits per heavy atom. The van der Waals surface area contributed by atoms with Crippen LogP contribution >= 0.6 is 7.82 Å². The molecule has 3 atom stereocenters. The Morgan fingerprint density at radius 3 is 1.59 bits per heavy atom. The summed E-state index contributed by atoms with van der Waals surface area (Å²) in [5.41, 5.74) is 0. The number of hydrogen-bond acceptors (Lipinski definition) is 6. The molecule has 0 aliphatic rings. The molecule has 3 unspecified atom stereocenters. The van der Waals surface area contributed by atoms with Crippen LogP contribution in [0.15, 0.2) is 36.5 Å². The van der Waals surface area contributed by atoms with Gasteiger partial charge in [-0.1, -0.05) is 172 Å². The first-order valence-electron chi connectivity index (χ1n) is 22.3. The van der Waals surface area contributed by atoms with Gasteiger partial charge in [0, 0.05) is 6.42 Å². The van der Waals surface area contributed by atoms with Crippen molar-refractivity contribution in [2.45, 2.75) is 206 Å². The first-order valence-corrected chi connectivity index (χ1v) is 23.8. The number of carbonyl (C=O) groups is 1. The van der Waals surface area contributed by atoms with Crippen molar-refractivity contribution in [3.8, 4) is 0 Å². The van der Waals surface area contributed by atoms with Crippen LogP contribution in [0.5, 0.6) is 0 Å². The van der Waals surface area contributed by atoms with E-state index < -0.39 is 20.0 Å². The van der Waals surface area contributed by atoms with Gasteiger partial charge in [-0.2, -0.15) is 0 Å². The first-order chi connectivity index (χ1) is 26.0. The lowest BCUT2D eigenvalue weighted by atomic mass is 10.0. The van der Waals surface area contributed by atoms with Crippen molar-refractivity contribution < 1.29 is 32.9 Å². The van der Waals surface area contributed by atoms with Gasteiger partial charge in [0.2, 0.25) is 5.91 Å². The number of nitrogens with zero attached hydrogens (tertiary/aromatic N) is 1. The molecule has 0 saturated carbocycles. The number of aliphatic hydroxyl groups excluding tert-OH is 1. The second-order valence-corrected chi connectivity index (χ2v) is 17.8. The molecule has 9 heteroatoms. The lowest BCUT2D eigenvalue weighted by molar-refractivity contribution is -0.870. The summed E-state index contributed by atoms with van der Waals surface area (Å²) in [6.45, 7) is 4.67. The molecule has 318 valence electrons. The summed E-state index contributed by atoms with van der Waals surface area (Å²) >= 11 is 0. The summed E-state index contributed by atoms with van der Waals surface area (Å²) < 4.78 is 23.2. The number of rotatable bonds is 40. The summed E-state index contributed by atoms with van der Waals surface area (Å²) in [7, 11) is 1.29. The van der Waals surface area contributed by atoms with Crippen LogP contribution in [-0.4, -0.2) is 68.5 Å². The minimum absolute atomic E-state index is 0.00862. The lowest BCUT2D eigenvalue weighted by Crippen LogP contribution is -2.46. The fourth-order valence-electron chi connectivity index (χ4n) is 6.28. The Labute approximate surface area is 334 Å². The molecule has 8 nitrogen and oxygen atoms in total. The Kier molecular flexibility index (Phi) is 36.4. The zero-order chi connectivity index (χ0) is 40.0. The average molecular weight is 783 g/mol. The molecule has 0 aromatic carbocycles. The van der Waals surface area contributed by atoms with Crippen molar-refractivity contribution in [1.29, 1.82) is 0 Å². The molecule has 1 amide bonds. The Morgan fingerprint density at radius 1 is 0.648 bits per heavy atom. The number of quaternary nitrogens is 1. The van der Waals surface area contributed by atoms with Gasteiger partial charge in [0.1, 0.15) is 13.2 Å².